The molecule has 0 radical (unpaired) electrons. The van der Waals surface area contributed by atoms with Crippen molar-refractivity contribution in [1.82, 2.24) is 0 Å². The summed E-state index contributed by atoms with van der Waals surface area (Å²) in [4.78, 5) is 0. The van der Waals surface area contributed by atoms with Gasteiger partial charge in [-0.25, -0.2) is 0 Å². The normalized spacial score (nSPS) is 36.1. The topological polar surface area (TPSA) is 40.5 Å². The van der Waals surface area contributed by atoms with Crippen LogP contribution in [0.4, 0.5) is 0 Å². The maximum Gasteiger partial charge on any atom is 0.0656 e. The number of aliphatic hydroxyl groups is 2. The third-order valence-electron chi connectivity index (χ3n) is 2.20. The van der Waals surface area contributed by atoms with Gasteiger partial charge in [-0.1, -0.05) is 11.6 Å². The van der Waals surface area contributed by atoms with Crippen molar-refractivity contribution in [2.24, 2.45) is 0 Å². The Morgan fingerprint density at radius 1 is 1.64 bits per heavy atom. The van der Waals surface area contributed by atoms with E-state index in [2.05, 4.69) is 0 Å². The van der Waals surface area contributed by atoms with E-state index in [0.717, 1.165) is 25.7 Å². The zero-order valence-corrected chi connectivity index (χ0v) is 7.01. The third kappa shape index (κ3) is 2.64. The fourth-order valence-corrected chi connectivity index (χ4v) is 1.67. The van der Waals surface area contributed by atoms with Crippen molar-refractivity contribution < 1.29 is 10.2 Å². The molecule has 1 fully saturated rings. The molecule has 1 unspecified atom stereocenters. The van der Waals surface area contributed by atoms with Gasteiger partial charge in [0.25, 0.3) is 0 Å². The van der Waals surface area contributed by atoms with E-state index in [1.165, 1.54) is 5.57 Å². The SMILES string of the molecule is CC1(O)CCC/C(=C/CO)C1. The molecule has 1 saturated carbocycles. The van der Waals surface area contributed by atoms with E-state index in [0.29, 0.717) is 0 Å². The van der Waals surface area contributed by atoms with E-state index in [-0.39, 0.29) is 6.61 Å². The van der Waals surface area contributed by atoms with Crippen LogP contribution in [0.3, 0.4) is 0 Å². The Kier molecular flexibility index (Phi) is 2.68. The van der Waals surface area contributed by atoms with Crippen LogP contribution in [0, 0.1) is 0 Å². The van der Waals surface area contributed by atoms with Crippen molar-refractivity contribution in [2.45, 2.75) is 38.2 Å². The summed E-state index contributed by atoms with van der Waals surface area (Å²) in [5.74, 6) is 0. The molecular formula is C9H16O2. The van der Waals surface area contributed by atoms with E-state index < -0.39 is 5.60 Å². The van der Waals surface area contributed by atoms with Gasteiger partial charge in [0.15, 0.2) is 0 Å². The number of hydrogen-bond donors (Lipinski definition) is 2. The van der Waals surface area contributed by atoms with Crippen molar-refractivity contribution in [2.75, 3.05) is 6.61 Å². The molecule has 1 aliphatic rings. The van der Waals surface area contributed by atoms with Gasteiger partial charge in [0, 0.05) is 0 Å². The fraction of sp³-hybridized carbons (Fsp3) is 0.778. The third-order valence-corrected chi connectivity index (χ3v) is 2.20. The Labute approximate surface area is 67.6 Å². The number of aliphatic hydroxyl groups excluding tert-OH is 1. The summed E-state index contributed by atoms with van der Waals surface area (Å²) in [6, 6.07) is 0. The molecule has 0 heterocycles. The van der Waals surface area contributed by atoms with Gasteiger partial charge in [0.1, 0.15) is 0 Å². The van der Waals surface area contributed by atoms with Crippen molar-refractivity contribution in [3.05, 3.63) is 11.6 Å². The van der Waals surface area contributed by atoms with Crippen LogP contribution in [-0.4, -0.2) is 22.4 Å². The minimum absolute atomic E-state index is 0.103. The molecule has 0 saturated heterocycles. The van der Waals surface area contributed by atoms with Gasteiger partial charge in [-0.2, -0.15) is 0 Å². The van der Waals surface area contributed by atoms with Gasteiger partial charge in [-0.3, -0.25) is 0 Å². The summed E-state index contributed by atoms with van der Waals surface area (Å²) < 4.78 is 0. The first kappa shape index (κ1) is 8.75. The summed E-state index contributed by atoms with van der Waals surface area (Å²) in [6.07, 6.45) is 5.51. The minimum Gasteiger partial charge on any atom is -0.392 e. The highest BCUT2D eigenvalue weighted by Gasteiger charge is 2.25. The molecule has 0 amide bonds. The molecule has 1 aliphatic carbocycles. The van der Waals surface area contributed by atoms with Crippen LogP contribution in [0.15, 0.2) is 11.6 Å². The smallest absolute Gasteiger partial charge is 0.0656 e. The van der Waals surface area contributed by atoms with Crippen LogP contribution in [0.5, 0.6) is 0 Å². The number of hydrogen-bond acceptors (Lipinski definition) is 2. The van der Waals surface area contributed by atoms with Gasteiger partial charge in [-0.15, -0.1) is 0 Å². The molecule has 0 spiro atoms. The predicted octanol–water partition coefficient (Wildman–Crippen LogP) is 1.23. The predicted molar refractivity (Wildman–Crippen MR) is 44.3 cm³/mol. The highest BCUT2D eigenvalue weighted by Crippen LogP contribution is 2.30. The summed E-state index contributed by atoms with van der Waals surface area (Å²) in [5.41, 5.74) is 0.669. The largest absolute Gasteiger partial charge is 0.392 e. The Balaban J connectivity index is 2.53. The van der Waals surface area contributed by atoms with Crippen LogP contribution in [-0.2, 0) is 0 Å². The summed E-state index contributed by atoms with van der Waals surface area (Å²) >= 11 is 0. The number of rotatable bonds is 1. The molecule has 64 valence electrons. The van der Waals surface area contributed by atoms with Crippen molar-refractivity contribution >= 4 is 0 Å². The Morgan fingerprint density at radius 2 is 2.36 bits per heavy atom. The van der Waals surface area contributed by atoms with Crippen LogP contribution in [0.2, 0.25) is 0 Å². The van der Waals surface area contributed by atoms with Gasteiger partial charge in [0.05, 0.1) is 12.2 Å². The lowest BCUT2D eigenvalue weighted by Crippen LogP contribution is -2.28. The summed E-state index contributed by atoms with van der Waals surface area (Å²) in [5, 5.41) is 18.3. The lowest BCUT2D eigenvalue weighted by Gasteiger charge is -2.29. The molecule has 0 aromatic carbocycles. The maximum atomic E-state index is 9.65. The van der Waals surface area contributed by atoms with Crippen LogP contribution in [0.1, 0.15) is 32.6 Å². The van der Waals surface area contributed by atoms with Crippen molar-refractivity contribution in [3.8, 4) is 0 Å². The van der Waals surface area contributed by atoms with Gasteiger partial charge < -0.3 is 10.2 Å². The molecule has 0 aromatic heterocycles. The van der Waals surface area contributed by atoms with E-state index in [1.54, 1.807) is 0 Å². The van der Waals surface area contributed by atoms with E-state index >= 15 is 0 Å². The van der Waals surface area contributed by atoms with Gasteiger partial charge in [0.2, 0.25) is 0 Å². The zero-order valence-electron chi connectivity index (χ0n) is 7.01. The van der Waals surface area contributed by atoms with Crippen LogP contribution >= 0.6 is 0 Å². The van der Waals surface area contributed by atoms with Crippen molar-refractivity contribution in [1.29, 1.82) is 0 Å². The highest BCUT2D eigenvalue weighted by atomic mass is 16.3. The Bertz CT molecular complexity index is 159. The summed E-state index contributed by atoms with van der Waals surface area (Å²) in [7, 11) is 0. The monoisotopic (exact) mass is 156 g/mol. The second kappa shape index (κ2) is 3.37. The second-order valence-corrected chi connectivity index (χ2v) is 3.57. The van der Waals surface area contributed by atoms with Crippen molar-refractivity contribution in [3.63, 3.8) is 0 Å². The molecule has 0 bridgehead atoms. The molecule has 0 aliphatic heterocycles. The van der Waals surface area contributed by atoms with Crippen LogP contribution < -0.4 is 0 Å². The second-order valence-electron chi connectivity index (χ2n) is 3.57. The molecule has 2 heteroatoms. The van der Waals surface area contributed by atoms with Gasteiger partial charge in [-0.05, 0) is 32.6 Å². The minimum atomic E-state index is -0.529. The first-order chi connectivity index (χ1) is 5.14. The molecule has 11 heavy (non-hydrogen) atoms. The quantitative estimate of drug-likeness (QED) is 0.560. The first-order valence-electron chi connectivity index (χ1n) is 4.15. The average molecular weight is 156 g/mol. The fourth-order valence-electron chi connectivity index (χ4n) is 1.67. The first-order valence-corrected chi connectivity index (χ1v) is 4.15. The Morgan fingerprint density at radius 3 is 2.91 bits per heavy atom. The summed E-state index contributed by atoms with van der Waals surface area (Å²) in [6.45, 7) is 1.96. The van der Waals surface area contributed by atoms with E-state index in [1.807, 2.05) is 13.0 Å². The lowest BCUT2D eigenvalue weighted by atomic mass is 9.83. The van der Waals surface area contributed by atoms with Gasteiger partial charge >= 0.3 is 0 Å². The molecule has 2 nitrogen and oxygen atoms in total. The maximum absolute atomic E-state index is 9.65. The standard InChI is InChI=1S/C9H16O2/c1-9(11)5-2-3-8(7-9)4-6-10/h4,10-11H,2-3,5-7H2,1H3/b8-4-. The molecule has 1 rings (SSSR count). The lowest BCUT2D eigenvalue weighted by molar-refractivity contribution is 0.0385. The molecule has 0 aromatic rings. The average Bonchev–Trinajstić information content (AvgIpc) is 1.85. The Hall–Kier alpha value is -0.340. The highest BCUT2D eigenvalue weighted by molar-refractivity contribution is 5.09. The zero-order chi connectivity index (χ0) is 8.32. The van der Waals surface area contributed by atoms with E-state index in [9.17, 15) is 5.11 Å². The molecule has 2 N–H and O–H groups in total. The van der Waals surface area contributed by atoms with Crippen LogP contribution in [0.25, 0.3) is 0 Å². The van der Waals surface area contributed by atoms with E-state index in [4.69, 9.17) is 5.11 Å². The molecular weight excluding hydrogens is 140 g/mol. The molecule has 1 atom stereocenters.